The fourth-order valence-electron chi connectivity index (χ4n) is 2.10. The highest BCUT2D eigenvalue weighted by Crippen LogP contribution is 2.37. The number of nitrogens with one attached hydrogen (secondary N) is 1. The van der Waals surface area contributed by atoms with Crippen LogP contribution in [-0.4, -0.2) is 20.1 Å². The minimum atomic E-state index is -0.628. The third kappa shape index (κ3) is 4.86. The highest BCUT2D eigenvalue weighted by atomic mass is 79.9. The van der Waals surface area contributed by atoms with Crippen molar-refractivity contribution in [2.45, 2.75) is 0 Å². The smallest absolute Gasteiger partial charge is 0.288 e. The number of ether oxygens (including phenoxy) is 2. The third-order valence-corrected chi connectivity index (χ3v) is 4.51. The Kier molecular flexibility index (Phi) is 7.36. The maximum Gasteiger partial charge on any atom is 0.288 e. The molecule has 2 rings (SSSR count). The van der Waals surface area contributed by atoms with E-state index in [1.807, 2.05) is 6.07 Å². The number of hydrogen-bond donors (Lipinski definition) is 1. The van der Waals surface area contributed by atoms with E-state index in [-0.39, 0.29) is 16.3 Å². The molecular formula is C18H14BrCl2N3O3. The Morgan fingerprint density at radius 1 is 1.19 bits per heavy atom. The Morgan fingerprint density at radius 2 is 1.85 bits per heavy atom. The van der Waals surface area contributed by atoms with E-state index in [9.17, 15) is 10.1 Å². The van der Waals surface area contributed by atoms with Gasteiger partial charge >= 0.3 is 0 Å². The molecule has 0 aliphatic heterocycles. The fraction of sp³-hybridized carbons (Fsp3) is 0.111. The molecule has 140 valence electrons. The minimum Gasteiger partial charge on any atom is -0.497 e. The summed E-state index contributed by atoms with van der Waals surface area (Å²) in [5.74, 6) is 0.353. The highest BCUT2D eigenvalue weighted by molar-refractivity contribution is 9.11. The maximum absolute atomic E-state index is 12.9. The van der Waals surface area contributed by atoms with Gasteiger partial charge in [-0.05, 0) is 30.3 Å². The van der Waals surface area contributed by atoms with Gasteiger partial charge in [0.15, 0.2) is 0 Å². The molecule has 0 aliphatic carbocycles. The minimum absolute atomic E-state index is 0.138. The summed E-state index contributed by atoms with van der Waals surface area (Å²) >= 11 is 15.4. The molecule has 1 N–H and O–H groups in total. The van der Waals surface area contributed by atoms with Gasteiger partial charge in [-0.3, -0.25) is 10.2 Å². The van der Waals surface area contributed by atoms with Crippen LogP contribution in [0.5, 0.6) is 11.5 Å². The molecule has 0 aromatic heterocycles. The van der Waals surface area contributed by atoms with Crippen LogP contribution in [0.1, 0.15) is 0 Å². The van der Waals surface area contributed by atoms with Gasteiger partial charge in [0.05, 0.1) is 35.6 Å². The second-order valence-corrected chi connectivity index (χ2v) is 6.33. The first kappa shape index (κ1) is 20.9. The summed E-state index contributed by atoms with van der Waals surface area (Å²) < 4.78 is 10.3. The summed E-state index contributed by atoms with van der Waals surface area (Å²) in [5, 5.41) is 10.8. The lowest BCUT2D eigenvalue weighted by Gasteiger charge is -2.25. The number of halogens is 3. The molecule has 27 heavy (non-hydrogen) atoms. The van der Waals surface area contributed by atoms with Gasteiger partial charge in [0.2, 0.25) is 0 Å². The summed E-state index contributed by atoms with van der Waals surface area (Å²) in [6.07, 6.45) is 0. The second-order valence-electron chi connectivity index (χ2n) is 5.05. The lowest BCUT2D eigenvalue weighted by molar-refractivity contribution is -0.114. The van der Waals surface area contributed by atoms with Crippen molar-refractivity contribution in [2.75, 3.05) is 24.7 Å². The van der Waals surface area contributed by atoms with Gasteiger partial charge in [-0.15, -0.1) is 0 Å². The van der Waals surface area contributed by atoms with Gasteiger partial charge < -0.3 is 9.47 Å². The third-order valence-electron chi connectivity index (χ3n) is 3.46. The van der Waals surface area contributed by atoms with Crippen LogP contribution in [0, 0.1) is 11.3 Å². The Morgan fingerprint density at radius 3 is 2.37 bits per heavy atom. The van der Waals surface area contributed by atoms with Crippen molar-refractivity contribution in [3.8, 4) is 17.6 Å². The number of methoxy groups -OCH3 is 2. The van der Waals surface area contributed by atoms with E-state index in [4.69, 9.17) is 32.7 Å². The van der Waals surface area contributed by atoms with E-state index in [0.717, 1.165) is 5.01 Å². The average Bonchev–Trinajstić information content (AvgIpc) is 2.68. The van der Waals surface area contributed by atoms with Crippen LogP contribution < -0.4 is 19.9 Å². The standard InChI is InChI=1S/C18H14BrCl2N3O3/c1-26-13-5-3-12(4-6-13)23-24(18(25)11(9-19)10-22)16-8-17(27-2)15(21)7-14(16)20/h3-9,23H,1-2H3. The SMILES string of the molecule is COc1ccc(NN(C(=O)C(C#N)=CBr)c2cc(OC)c(Cl)cc2Cl)cc1. The average molecular weight is 471 g/mol. The predicted molar refractivity (Wildman–Crippen MR) is 110 cm³/mol. The van der Waals surface area contributed by atoms with Crippen LogP contribution in [0.3, 0.4) is 0 Å². The molecule has 0 unspecified atom stereocenters. The Balaban J connectivity index is 2.53. The molecule has 6 nitrogen and oxygen atoms in total. The van der Waals surface area contributed by atoms with Crippen molar-refractivity contribution in [2.24, 2.45) is 0 Å². The topological polar surface area (TPSA) is 74.6 Å². The van der Waals surface area contributed by atoms with Crippen molar-refractivity contribution in [1.29, 1.82) is 5.26 Å². The maximum atomic E-state index is 12.9. The van der Waals surface area contributed by atoms with Crippen LogP contribution in [0.4, 0.5) is 11.4 Å². The monoisotopic (exact) mass is 469 g/mol. The number of anilines is 2. The van der Waals surface area contributed by atoms with Gasteiger partial charge in [-0.25, -0.2) is 5.01 Å². The molecule has 2 aromatic carbocycles. The second kappa shape index (κ2) is 9.51. The molecule has 0 spiro atoms. The molecule has 0 aliphatic rings. The van der Waals surface area contributed by atoms with Crippen molar-refractivity contribution in [1.82, 2.24) is 0 Å². The summed E-state index contributed by atoms with van der Waals surface area (Å²) in [7, 11) is 3.00. The lowest BCUT2D eigenvalue weighted by atomic mass is 10.2. The van der Waals surface area contributed by atoms with Crippen LogP contribution in [0.15, 0.2) is 47.0 Å². The number of rotatable bonds is 6. The first-order valence-corrected chi connectivity index (χ1v) is 9.11. The van der Waals surface area contributed by atoms with Crippen LogP contribution >= 0.6 is 39.1 Å². The van der Waals surface area contributed by atoms with Crippen molar-refractivity contribution >= 4 is 56.4 Å². The highest BCUT2D eigenvalue weighted by Gasteiger charge is 2.24. The summed E-state index contributed by atoms with van der Waals surface area (Å²) in [4.78, 5) is 14.1. The number of benzene rings is 2. The van der Waals surface area contributed by atoms with E-state index in [1.54, 1.807) is 31.4 Å². The first-order chi connectivity index (χ1) is 12.9. The summed E-state index contributed by atoms with van der Waals surface area (Å²) in [5.41, 5.74) is 3.64. The molecular weight excluding hydrogens is 457 g/mol. The molecule has 0 radical (unpaired) electrons. The van der Waals surface area contributed by atoms with Gasteiger partial charge in [0, 0.05) is 11.1 Å². The molecule has 1 amide bonds. The van der Waals surface area contributed by atoms with Gasteiger partial charge in [0.1, 0.15) is 23.1 Å². The van der Waals surface area contributed by atoms with Gasteiger partial charge in [-0.2, -0.15) is 5.26 Å². The zero-order valence-electron chi connectivity index (χ0n) is 14.3. The summed E-state index contributed by atoms with van der Waals surface area (Å²) in [6.45, 7) is 0. The quantitative estimate of drug-likeness (QED) is 0.358. The number of carbonyl (C=O) groups is 1. The predicted octanol–water partition coefficient (Wildman–Crippen LogP) is 5.17. The first-order valence-electron chi connectivity index (χ1n) is 7.43. The van der Waals surface area contributed by atoms with Crippen LogP contribution in [0.25, 0.3) is 0 Å². The van der Waals surface area contributed by atoms with Crippen LogP contribution in [0.2, 0.25) is 10.0 Å². The number of hydrazine groups is 1. The van der Waals surface area contributed by atoms with E-state index >= 15 is 0 Å². The number of hydrogen-bond acceptors (Lipinski definition) is 5. The molecule has 0 saturated carbocycles. The van der Waals surface area contributed by atoms with E-state index in [1.165, 1.54) is 24.2 Å². The Hall–Kier alpha value is -2.40. The number of carbonyl (C=O) groups excluding carboxylic acids is 1. The number of nitriles is 1. The normalized spacial score (nSPS) is 10.7. The van der Waals surface area contributed by atoms with E-state index < -0.39 is 5.91 Å². The lowest BCUT2D eigenvalue weighted by Crippen LogP contribution is -2.37. The molecule has 0 saturated heterocycles. The van der Waals surface area contributed by atoms with Crippen molar-refractivity contribution in [3.63, 3.8) is 0 Å². The van der Waals surface area contributed by atoms with Crippen molar-refractivity contribution < 1.29 is 14.3 Å². The number of amides is 1. The zero-order chi connectivity index (χ0) is 20.0. The zero-order valence-corrected chi connectivity index (χ0v) is 17.4. The fourth-order valence-corrected chi connectivity index (χ4v) is 2.94. The Bertz CT molecular complexity index is 911. The Labute approximate surface area is 175 Å². The van der Waals surface area contributed by atoms with E-state index in [0.29, 0.717) is 22.2 Å². The molecule has 0 heterocycles. The largest absolute Gasteiger partial charge is 0.497 e. The summed E-state index contributed by atoms with van der Waals surface area (Å²) in [6, 6.07) is 11.7. The van der Waals surface area contributed by atoms with Crippen LogP contribution in [-0.2, 0) is 4.79 Å². The molecule has 0 atom stereocenters. The van der Waals surface area contributed by atoms with Gasteiger partial charge in [-0.1, -0.05) is 39.1 Å². The molecule has 9 heteroatoms. The number of nitrogens with zero attached hydrogens (tertiary/aromatic N) is 2. The molecule has 0 bridgehead atoms. The molecule has 0 fully saturated rings. The van der Waals surface area contributed by atoms with E-state index in [2.05, 4.69) is 21.4 Å². The van der Waals surface area contributed by atoms with Gasteiger partial charge in [0.25, 0.3) is 5.91 Å². The molecule has 2 aromatic rings. The van der Waals surface area contributed by atoms with Crippen molar-refractivity contribution in [3.05, 3.63) is 57.0 Å².